The number of aromatic nitrogens is 1. The molecular formula is C41H46ClFN6O5. The predicted octanol–water partition coefficient (Wildman–Crippen LogP) is 5.56. The fourth-order valence-electron chi connectivity index (χ4n) is 8.16. The number of piperidine rings is 3. The molecule has 4 heterocycles. The van der Waals surface area contributed by atoms with E-state index in [2.05, 4.69) is 15.5 Å². The maximum atomic E-state index is 15.2. The molecule has 3 saturated heterocycles. The number of likely N-dealkylation sites (tertiary alicyclic amines) is 1. The Hall–Kier alpha value is -4.94. The third-order valence-corrected chi connectivity index (χ3v) is 11.7. The number of benzene rings is 3. The Balaban J connectivity index is 0.923. The summed E-state index contributed by atoms with van der Waals surface area (Å²) in [6, 6.07) is 15.9. The summed E-state index contributed by atoms with van der Waals surface area (Å²) >= 11 is 6.94. The van der Waals surface area contributed by atoms with Crippen molar-refractivity contribution >= 4 is 51.5 Å². The Morgan fingerprint density at radius 3 is 2.39 bits per heavy atom. The second kappa shape index (κ2) is 15.8. The van der Waals surface area contributed by atoms with Crippen molar-refractivity contribution < 1.29 is 23.5 Å². The second-order valence-corrected chi connectivity index (χ2v) is 15.1. The number of fused-ring (bicyclic) bond motifs is 1. The molecule has 1 atom stereocenters. The molecule has 7 rings (SSSR count). The summed E-state index contributed by atoms with van der Waals surface area (Å²) in [5.41, 5.74) is 3.59. The van der Waals surface area contributed by atoms with Gasteiger partial charge in [-0.2, -0.15) is 0 Å². The Labute approximate surface area is 319 Å². The second-order valence-electron chi connectivity index (χ2n) is 14.7. The summed E-state index contributed by atoms with van der Waals surface area (Å²) < 4.78 is 22.7. The van der Waals surface area contributed by atoms with Crippen molar-refractivity contribution in [3.05, 3.63) is 87.6 Å². The van der Waals surface area contributed by atoms with E-state index in [-0.39, 0.29) is 35.8 Å². The van der Waals surface area contributed by atoms with Crippen LogP contribution in [-0.4, -0.2) is 84.5 Å². The van der Waals surface area contributed by atoms with Crippen LogP contribution in [0.2, 0.25) is 5.02 Å². The fourth-order valence-corrected chi connectivity index (χ4v) is 8.43. The third-order valence-electron chi connectivity index (χ3n) is 11.3. The molecule has 2 N–H and O–H groups in total. The first-order chi connectivity index (χ1) is 26.0. The largest absolute Gasteiger partial charge is 0.496 e. The van der Waals surface area contributed by atoms with Crippen LogP contribution in [0.4, 0.5) is 15.8 Å². The number of nitrogens with one attached hydrogen (secondary N) is 2. The van der Waals surface area contributed by atoms with Gasteiger partial charge >= 0.3 is 0 Å². The van der Waals surface area contributed by atoms with Crippen LogP contribution in [0.3, 0.4) is 0 Å². The molecule has 0 spiro atoms. The lowest BCUT2D eigenvalue weighted by molar-refractivity contribution is -0.138. The highest BCUT2D eigenvalue weighted by Gasteiger charge is 2.33. The van der Waals surface area contributed by atoms with Gasteiger partial charge in [-0.3, -0.25) is 29.4 Å². The molecule has 1 unspecified atom stereocenters. The van der Waals surface area contributed by atoms with Crippen LogP contribution in [0.1, 0.15) is 44.1 Å². The van der Waals surface area contributed by atoms with Crippen molar-refractivity contribution in [3.8, 4) is 16.9 Å². The number of halogens is 2. The van der Waals surface area contributed by atoms with Crippen LogP contribution >= 0.6 is 11.6 Å². The molecule has 0 radical (unpaired) electrons. The third kappa shape index (κ3) is 7.67. The van der Waals surface area contributed by atoms with Crippen molar-refractivity contribution in [3.63, 3.8) is 0 Å². The average molecular weight is 757 g/mol. The number of rotatable bonds is 9. The molecule has 4 aromatic rings. The van der Waals surface area contributed by atoms with Crippen molar-refractivity contribution in [1.82, 2.24) is 19.7 Å². The van der Waals surface area contributed by atoms with Crippen molar-refractivity contribution in [2.75, 3.05) is 50.6 Å². The molecule has 0 bridgehead atoms. The minimum Gasteiger partial charge on any atom is -0.496 e. The van der Waals surface area contributed by atoms with E-state index in [1.165, 1.54) is 6.07 Å². The van der Waals surface area contributed by atoms with Gasteiger partial charge in [-0.15, -0.1) is 0 Å². The average Bonchev–Trinajstić information content (AvgIpc) is 3.18. The zero-order valence-electron chi connectivity index (χ0n) is 30.9. The number of nitrogens with zero attached hydrogens (tertiary/aromatic N) is 4. The van der Waals surface area contributed by atoms with Gasteiger partial charge in [-0.25, -0.2) is 4.39 Å². The fraction of sp³-hybridized carbons (Fsp3) is 0.415. The van der Waals surface area contributed by atoms with Gasteiger partial charge < -0.3 is 24.4 Å². The molecular weight excluding hydrogens is 711 g/mol. The molecule has 0 saturated carbocycles. The maximum Gasteiger partial charge on any atom is 0.258 e. The minimum absolute atomic E-state index is 0.0517. The summed E-state index contributed by atoms with van der Waals surface area (Å²) in [4.78, 5) is 56.2. The number of imide groups is 1. The molecule has 13 heteroatoms. The van der Waals surface area contributed by atoms with E-state index in [1.54, 1.807) is 30.9 Å². The minimum atomic E-state index is -0.583. The molecule has 3 amide bonds. The van der Waals surface area contributed by atoms with Crippen LogP contribution < -0.4 is 25.8 Å². The van der Waals surface area contributed by atoms with Crippen LogP contribution in [0.25, 0.3) is 21.9 Å². The van der Waals surface area contributed by atoms with Crippen molar-refractivity contribution in [1.29, 1.82) is 0 Å². The number of anilines is 2. The lowest BCUT2D eigenvalue weighted by atomic mass is 9.93. The number of aryl methyl sites for hydroxylation is 1. The Morgan fingerprint density at radius 2 is 1.70 bits per heavy atom. The molecule has 3 aromatic carbocycles. The number of hydrogen-bond donors (Lipinski definition) is 2. The summed E-state index contributed by atoms with van der Waals surface area (Å²) in [6.07, 6.45) is 5.41. The highest BCUT2D eigenvalue weighted by molar-refractivity contribution is 6.32. The van der Waals surface area contributed by atoms with E-state index in [0.29, 0.717) is 66.4 Å². The molecule has 3 aliphatic heterocycles. The summed E-state index contributed by atoms with van der Waals surface area (Å²) in [6.45, 7) is 3.37. The Kier molecular flexibility index (Phi) is 10.9. The topological polar surface area (TPSA) is 116 Å². The zero-order chi connectivity index (χ0) is 38.1. The number of ether oxygens (including phenoxy) is 1. The van der Waals surface area contributed by atoms with Crippen LogP contribution in [0.5, 0.6) is 5.75 Å². The molecule has 54 heavy (non-hydrogen) atoms. The monoisotopic (exact) mass is 756 g/mol. The Morgan fingerprint density at radius 1 is 0.981 bits per heavy atom. The van der Waals surface area contributed by atoms with Crippen molar-refractivity contribution in [2.45, 2.75) is 57.2 Å². The van der Waals surface area contributed by atoms with E-state index in [4.69, 9.17) is 16.3 Å². The first kappa shape index (κ1) is 37.4. The number of pyridine rings is 1. The summed E-state index contributed by atoms with van der Waals surface area (Å²) in [5, 5.41) is 7.44. The number of carbonyl (C=O) groups is 3. The van der Waals surface area contributed by atoms with Crippen molar-refractivity contribution in [2.24, 2.45) is 13.0 Å². The molecule has 3 aliphatic rings. The summed E-state index contributed by atoms with van der Waals surface area (Å²) in [5.74, 6) is -0.381. The maximum absolute atomic E-state index is 15.2. The SMILES string of the molecule is COc1cc(-c2cn(C)c(=O)c3ccccc23)cc(Cl)c1CN1CCC(N(C)C(=O)C2CCN(c3ccc(NC4CCC(=O)NC4=O)cc3F)CC2)CC1. The van der Waals surface area contributed by atoms with E-state index in [1.807, 2.05) is 59.4 Å². The number of carbonyl (C=O) groups excluding carboxylic acids is 3. The molecule has 284 valence electrons. The molecule has 0 aliphatic carbocycles. The number of amides is 3. The van der Waals surface area contributed by atoms with E-state index in [9.17, 15) is 19.2 Å². The van der Waals surface area contributed by atoms with Gasteiger partial charge in [0.2, 0.25) is 17.7 Å². The number of hydrogen-bond acceptors (Lipinski definition) is 8. The summed E-state index contributed by atoms with van der Waals surface area (Å²) in [7, 11) is 5.30. The molecule has 11 nitrogen and oxygen atoms in total. The zero-order valence-corrected chi connectivity index (χ0v) is 31.6. The van der Waals surface area contributed by atoms with Gasteiger partial charge in [-0.05, 0) is 79.5 Å². The van der Waals surface area contributed by atoms with Gasteiger partial charge in [0.1, 0.15) is 17.6 Å². The Bertz CT molecular complexity index is 2140. The smallest absolute Gasteiger partial charge is 0.258 e. The quantitative estimate of drug-likeness (QED) is 0.214. The number of methoxy groups -OCH3 is 1. The first-order valence-electron chi connectivity index (χ1n) is 18.6. The highest BCUT2D eigenvalue weighted by atomic mass is 35.5. The van der Waals surface area contributed by atoms with E-state index >= 15 is 4.39 Å². The van der Waals surface area contributed by atoms with Crippen LogP contribution in [0, 0.1) is 11.7 Å². The predicted molar refractivity (Wildman–Crippen MR) is 208 cm³/mol. The standard InChI is InChI=1S/C41H46ClFN6O5/c1-46-23-31(29-6-4-5-7-30(29)41(46)53)26-20-33(42)32(37(21-26)54-3)24-48-16-14-28(15-17-48)47(2)40(52)25-12-18-49(19-13-25)36-10-8-27(22-34(36)43)44-35-9-11-38(50)45-39(35)51/h4-8,10,20-23,25,28,35,44H,9,11-19,24H2,1-3H3,(H,45,50,51). The van der Waals surface area contributed by atoms with Gasteiger partial charge in [0, 0.05) is 98.6 Å². The van der Waals surface area contributed by atoms with E-state index in [0.717, 1.165) is 48.0 Å². The van der Waals surface area contributed by atoms with Gasteiger partial charge in [-0.1, -0.05) is 29.8 Å². The van der Waals surface area contributed by atoms with Gasteiger partial charge in [0.25, 0.3) is 5.56 Å². The molecule has 3 fully saturated rings. The lowest BCUT2D eigenvalue weighted by Gasteiger charge is -2.40. The van der Waals surface area contributed by atoms with Crippen LogP contribution in [-0.2, 0) is 28.0 Å². The molecule has 1 aromatic heterocycles. The van der Waals surface area contributed by atoms with E-state index < -0.39 is 17.8 Å². The van der Waals surface area contributed by atoms with Crippen LogP contribution in [0.15, 0.2) is 65.6 Å². The highest BCUT2D eigenvalue weighted by Crippen LogP contribution is 2.37. The first-order valence-corrected chi connectivity index (χ1v) is 19.0. The normalized spacial score (nSPS) is 18.8. The lowest BCUT2D eigenvalue weighted by Crippen LogP contribution is -2.49. The van der Waals surface area contributed by atoms with Gasteiger partial charge in [0.15, 0.2) is 0 Å². The van der Waals surface area contributed by atoms with Gasteiger partial charge in [0.05, 0.1) is 12.8 Å².